The molecule has 0 bridgehead atoms. The zero-order valence-corrected chi connectivity index (χ0v) is 23.4. The van der Waals surface area contributed by atoms with E-state index in [2.05, 4.69) is 20.4 Å². The Morgan fingerprint density at radius 1 is 1.18 bits per heavy atom. The molecule has 2 N–H and O–H groups in total. The van der Waals surface area contributed by atoms with Gasteiger partial charge in [-0.2, -0.15) is 13.5 Å². The van der Waals surface area contributed by atoms with Crippen molar-refractivity contribution in [3.05, 3.63) is 82.6 Å². The van der Waals surface area contributed by atoms with Crippen molar-refractivity contribution in [1.82, 2.24) is 19.7 Å². The SMILES string of the molecule is O=S(=O)(O)CCCn1ncc2c1CCc1c-2sc2ncnc(Nc3ccc(OCc4cccc(F)c4)c(Cl)c3)c12. The Morgan fingerprint density at radius 3 is 2.85 bits per heavy atom. The fraction of sp³-hybridized carbons (Fsp3) is 0.222. The first-order valence-corrected chi connectivity index (χ1v) is 15.3. The highest BCUT2D eigenvalue weighted by atomic mass is 35.5. The maximum Gasteiger partial charge on any atom is 0.264 e. The molecule has 40 heavy (non-hydrogen) atoms. The standard InChI is InChI=1S/C27H23ClFN5O4S2/c28-21-12-18(5-8-23(21)38-14-16-3-1-4-17(29)11-16)33-26-24-19-6-7-22-20(25(19)39-27(24)31-15-30-26)13-32-34(22)9-2-10-40(35,36)37/h1,3-5,8,11-13,15H,2,6-7,9-10,14H2,(H,30,31,33)(H,35,36,37). The topological polar surface area (TPSA) is 119 Å². The molecule has 0 fully saturated rings. The van der Waals surface area contributed by atoms with Crippen LogP contribution in [0.1, 0.15) is 23.2 Å². The number of anilines is 2. The summed E-state index contributed by atoms with van der Waals surface area (Å²) >= 11 is 8.07. The molecule has 3 heterocycles. The lowest BCUT2D eigenvalue weighted by Gasteiger charge is -2.16. The van der Waals surface area contributed by atoms with E-state index in [1.54, 1.807) is 41.8 Å². The summed E-state index contributed by atoms with van der Waals surface area (Å²) in [5.74, 6) is 0.526. The van der Waals surface area contributed by atoms with Crippen LogP contribution in [0, 0.1) is 5.82 Å². The van der Waals surface area contributed by atoms with Crippen LogP contribution in [0.25, 0.3) is 20.7 Å². The van der Waals surface area contributed by atoms with Gasteiger partial charge in [0.2, 0.25) is 0 Å². The second kappa shape index (κ2) is 10.8. The molecule has 1 aliphatic rings. The first-order chi connectivity index (χ1) is 19.2. The normalized spacial score (nSPS) is 12.8. The Balaban J connectivity index is 1.23. The quantitative estimate of drug-likeness (QED) is 0.197. The van der Waals surface area contributed by atoms with Gasteiger partial charge < -0.3 is 10.1 Å². The second-order valence-corrected chi connectivity index (χ2v) is 12.3. The molecule has 2 aromatic carbocycles. The number of fused-ring (bicyclic) bond motifs is 5. The third-order valence-corrected chi connectivity index (χ3v) is 8.92. The molecule has 6 rings (SSSR count). The number of rotatable bonds is 9. The molecule has 0 saturated heterocycles. The van der Waals surface area contributed by atoms with Crippen molar-refractivity contribution in [1.29, 1.82) is 0 Å². The average molecular weight is 600 g/mol. The molecular weight excluding hydrogens is 577 g/mol. The molecule has 0 amide bonds. The fourth-order valence-electron chi connectivity index (χ4n) is 4.86. The molecule has 0 spiro atoms. The molecule has 0 unspecified atom stereocenters. The van der Waals surface area contributed by atoms with E-state index in [-0.39, 0.29) is 24.6 Å². The van der Waals surface area contributed by atoms with E-state index in [9.17, 15) is 12.8 Å². The van der Waals surface area contributed by atoms with E-state index >= 15 is 0 Å². The summed E-state index contributed by atoms with van der Waals surface area (Å²) in [6.45, 7) is 0.599. The van der Waals surface area contributed by atoms with Gasteiger partial charge >= 0.3 is 0 Å². The molecule has 1 aliphatic carbocycles. The Kier molecular flexibility index (Phi) is 7.17. The summed E-state index contributed by atoms with van der Waals surface area (Å²) < 4.78 is 52.3. The van der Waals surface area contributed by atoms with Gasteiger partial charge in [0.15, 0.2) is 0 Å². The molecule has 0 radical (unpaired) electrons. The Labute approximate surface area is 238 Å². The van der Waals surface area contributed by atoms with Crippen LogP contribution < -0.4 is 10.1 Å². The Hall–Kier alpha value is -3.58. The Bertz CT molecular complexity index is 1840. The molecule has 0 atom stereocenters. The number of aryl methyl sites for hydroxylation is 2. The highest BCUT2D eigenvalue weighted by Crippen LogP contribution is 2.45. The lowest BCUT2D eigenvalue weighted by molar-refractivity contribution is 0.306. The van der Waals surface area contributed by atoms with Gasteiger partial charge in [-0.1, -0.05) is 23.7 Å². The van der Waals surface area contributed by atoms with Crippen LogP contribution in [-0.4, -0.2) is 38.5 Å². The fourth-order valence-corrected chi connectivity index (χ4v) is 6.81. The smallest absolute Gasteiger partial charge is 0.264 e. The molecule has 9 nitrogen and oxygen atoms in total. The first-order valence-electron chi connectivity index (χ1n) is 12.5. The Morgan fingerprint density at radius 2 is 2.05 bits per heavy atom. The highest BCUT2D eigenvalue weighted by Gasteiger charge is 2.27. The molecule has 3 aromatic heterocycles. The van der Waals surface area contributed by atoms with Gasteiger partial charge in [0.25, 0.3) is 10.1 Å². The summed E-state index contributed by atoms with van der Waals surface area (Å²) in [5.41, 5.74) is 4.61. The second-order valence-electron chi connectivity index (χ2n) is 9.37. The number of thiophene rings is 1. The van der Waals surface area contributed by atoms with Crippen LogP contribution in [-0.2, 0) is 36.1 Å². The van der Waals surface area contributed by atoms with Crippen molar-refractivity contribution in [2.45, 2.75) is 32.4 Å². The van der Waals surface area contributed by atoms with Gasteiger partial charge in [-0.3, -0.25) is 9.23 Å². The molecular formula is C27H23ClFN5O4S2. The minimum atomic E-state index is -4.01. The lowest BCUT2D eigenvalue weighted by atomic mass is 9.95. The summed E-state index contributed by atoms with van der Waals surface area (Å²) in [6.07, 6.45) is 5.09. The number of halogens is 2. The predicted octanol–water partition coefficient (Wildman–Crippen LogP) is 6.05. The van der Waals surface area contributed by atoms with E-state index in [1.807, 2.05) is 10.7 Å². The lowest BCUT2D eigenvalue weighted by Crippen LogP contribution is -2.13. The highest BCUT2D eigenvalue weighted by molar-refractivity contribution is 7.85. The largest absolute Gasteiger partial charge is 0.487 e. The zero-order chi connectivity index (χ0) is 27.9. The number of nitrogens with one attached hydrogen (secondary N) is 1. The van der Waals surface area contributed by atoms with Gasteiger partial charge in [0.1, 0.15) is 35.1 Å². The summed E-state index contributed by atoms with van der Waals surface area (Å²) in [4.78, 5) is 10.9. The number of hydrogen-bond donors (Lipinski definition) is 2. The van der Waals surface area contributed by atoms with E-state index in [0.717, 1.165) is 50.4 Å². The van der Waals surface area contributed by atoms with Gasteiger partial charge in [0.05, 0.1) is 22.4 Å². The van der Waals surface area contributed by atoms with E-state index in [4.69, 9.17) is 20.9 Å². The monoisotopic (exact) mass is 599 g/mol. The maximum atomic E-state index is 13.5. The minimum Gasteiger partial charge on any atom is -0.487 e. The van der Waals surface area contributed by atoms with Gasteiger partial charge in [0, 0.05) is 28.4 Å². The van der Waals surface area contributed by atoms with Crippen molar-refractivity contribution < 1.29 is 22.1 Å². The van der Waals surface area contributed by atoms with Crippen LogP contribution in [0.5, 0.6) is 5.75 Å². The van der Waals surface area contributed by atoms with Crippen LogP contribution >= 0.6 is 22.9 Å². The molecule has 206 valence electrons. The van der Waals surface area contributed by atoms with Gasteiger partial charge in [-0.15, -0.1) is 11.3 Å². The maximum absolute atomic E-state index is 13.5. The van der Waals surface area contributed by atoms with Crippen LogP contribution in [0.3, 0.4) is 0 Å². The van der Waals surface area contributed by atoms with E-state index in [1.165, 1.54) is 18.5 Å². The third-order valence-electron chi connectivity index (χ3n) is 6.64. The summed E-state index contributed by atoms with van der Waals surface area (Å²) in [7, 11) is -4.01. The minimum absolute atomic E-state index is 0.191. The van der Waals surface area contributed by atoms with E-state index in [0.29, 0.717) is 28.7 Å². The number of aromatic nitrogens is 4. The molecule has 0 saturated carbocycles. The summed E-state index contributed by atoms with van der Waals surface area (Å²) in [6, 6.07) is 11.6. The number of ether oxygens (including phenoxy) is 1. The van der Waals surface area contributed by atoms with Crippen molar-refractivity contribution >= 4 is 54.8 Å². The van der Waals surface area contributed by atoms with Crippen molar-refractivity contribution in [2.75, 3.05) is 11.1 Å². The van der Waals surface area contributed by atoms with Crippen molar-refractivity contribution in [2.24, 2.45) is 0 Å². The third kappa shape index (κ3) is 5.52. The molecule has 5 aromatic rings. The zero-order valence-electron chi connectivity index (χ0n) is 21.0. The van der Waals surface area contributed by atoms with E-state index < -0.39 is 10.1 Å². The first kappa shape index (κ1) is 26.6. The molecule has 0 aliphatic heterocycles. The van der Waals surface area contributed by atoms with Crippen molar-refractivity contribution in [3.63, 3.8) is 0 Å². The van der Waals surface area contributed by atoms with Gasteiger partial charge in [-0.05, 0) is 60.7 Å². The van der Waals surface area contributed by atoms with Crippen LogP contribution in [0.2, 0.25) is 5.02 Å². The number of nitrogens with zero attached hydrogens (tertiary/aromatic N) is 4. The van der Waals surface area contributed by atoms with Gasteiger partial charge in [-0.25, -0.2) is 14.4 Å². The number of hydrogen-bond acceptors (Lipinski definition) is 8. The average Bonchev–Trinajstić information content (AvgIpc) is 3.49. The number of benzene rings is 2. The van der Waals surface area contributed by atoms with Crippen molar-refractivity contribution in [3.8, 4) is 16.2 Å². The predicted molar refractivity (Wildman–Crippen MR) is 153 cm³/mol. The van der Waals surface area contributed by atoms with Crippen LogP contribution in [0.15, 0.2) is 55.0 Å². The van der Waals surface area contributed by atoms with Crippen LogP contribution in [0.4, 0.5) is 15.9 Å². The summed E-state index contributed by atoms with van der Waals surface area (Å²) in [5, 5.41) is 9.20. The molecule has 13 heteroatoms.